The van der Waals surface area contributed by atoms with Gasteiger partial charge < -0.3 is 19.5 Å². The van der Waals surface area contributed by atoms with E-state index in [2.05, 4.69) is 5.32 Å². The number of sulfone groups is 1. The predicted molar refractivity (Wildman–Crippen MR) is 111 cm³/mol. The first kappa shape index (κ1) is 23.2. The highest BCUT2D eigenvalue weighted by atomic mass is 32.2. The van der Waals surface area contributed by atoms with Crippen LogP contribution in [0.3, 0.4) is 0 Å². The second-order valence-corrected chi connectivity index (χ2v) is 8.44. The maximum Gasteiger partial charge on any atom is 0.338 e. The lowest BCUT2D eigenvalue weighted by Crippen LogP contribution is -2.32. The van der Waals surface area contributed by atoms with Gasteiger partial charge in [0.15, 0.2) is 16.4 Å². The van der Waals surface area contributed by atoms with Crippen molar-refractivity contribution in [2.24, 2.45) is 0 Å². The number of carbonyl (C=O) groups excluding carboxylic acids is 2. The third-order valence-corrected chi connectivity index (χ3v) is 5.13. The van der Waals surface area contributed by atoms with Crippen LogP contribution in [-0.2, 0) is 19.4 Å². The van der Waals surface area contributed by atoms with Crippen molar-refractivity contribution in [3.63, 3.8) is 0 Å². The van der Waals surface area contributed by atoms with Crippen LogP contribution in [-0.4, -0.2) is 52.9 Å². The Labute approximate surface area is 176 Å². The lowest BCUT2D eigenvalue weighted by molar-refractivity contribution is -0.124. The number of amides is 1. The monoisotopic (exact) mass is 435 g/mol. The van der Waals surface area contributed by atoms with Crippen molar-refractivity contribution in [2.45, 2.75) is 18.7 Å². The van der Waals surface area contributed by atoms with E-state index in [1.165, 1.54) is 18.2 Å². The summed E-state index contributed by atoms with van der Waals surface area (Å²) in [6, 6.07) is 11.3. The van der Waals surface area contributed by atoms with Gasteiger partial charge in [0, 0.05) is 6.26 Å². The Morgan fingerprint density at radius 2 is 1.63 bits per heavy atom. The number of carbonyl (C=O) groups is 2. The lowest BCUT2D eigenvalue weighted by Gasteiger charge is -2.10. The fourth-order valence-corrected chi connectivity index (χ4v) is 3.12. The molecule has 1 N–H and O–H groups in total. The molecule has 0 aromatic heterocycles. The highest BCUT2D eigenvalue weighted by molar-refractivity contribution is 7.90. The van der Waals surface area contributed by atoms with Gasteiger partial charge in [0.1, 0.15) is 18.1 Å². The van der Waals surface area contributed by atoms with Gasteiger partial charge in [-0.1, -0.05) is 6.07 Å². The molecule has 162 valence electrons. The highest BCUT2D eigenvalue weighted by Crippen LogP contribution is 2.18. The minimum absolute atomic E-state index is 0.0101. The van der Waals surface area contributed by atoms with E-state index in [1.54, 1.807) is 31.2 Å². The Morgan fingerprint density at radius 1 is 1.00 bits per heavy atom. The van der Waals surface area contributed by atoms with Crippen LogP contribution in [0.5, 0.6) is 11.5 Å². The molecule has 2 aromatic rings. The van der Waals surface area contributed by atoms with Gasteiger partial charge in [-0.15, -0.1) is 0 Å². The Hall–Kier alpha value is -3.07. The van der Waals surface area contributed by atoms with Crippen LogP contribution in [0.2, 0.25) is 0 Å². The van der Waals surface area contributed by atoms with E-state index in [-0.39, 0.29) is 23.6 Å². The van der Waals surface area contributed by atoms with E-state index in [4.69, 9.17) is 14.2 Å². The Kier molecular flexibility index (Phi) is 8.23. The minimum Gasteiger partial charge on any atom is -0.494 e. The Morgan fingerprint density at radius 3 is 2.23 bits per heavy atom. The van der Waals surface area contributed by atoms with Crippen molar-refractivity contribution in [3.05, 3.63) is 53.6 Å². The molecule has 8 nitrogen and oxygen atoms in total. The summed E-state index contributed by atoms with van der Waals surface area (Å²) in [4.78, 5) is 24.1. The summed E-state index contributed by atoms with van der Waals surface area (Å²) >= 11 is 0. The molecule has 0 fully saturated rings. The van der Waals surface area contributed by atoms with Gasteiger partial charge in [-0.05, 0) is 55.8 Å². The van der Waals surface area contributed by atoms with E-state index in [0.29, 0.717) is 17.9 Å². The molecular weight excluding hydrogens is 410 g/mol. The molecule has 2 aromatic carbocycles. The fraction of sp³-hybridized carbons (Fsp3) is 0.333. The molecule has 0 aliphatic heterocycles. The molecule has 0 atom stereocenters. The molecule has 0 saturated carbocycles. The summed E-state index contributed by atoms with van der Waals surface area (Å²) in [5.74, 6) is 0.131. The van der Waals surface area contributed by atoms with Crippen molar-refractivity contribution < 1.29 is 32.2 Å². The fourth-order valence-electron chi connectivity index (χ4n) is 2.47. The van der Waals surface area contributed by atoms with Crippen LogP contribution >= 0.6 is 0 Å². The standard InChI is InChI=1S/C21H25NO7S/c1-4-27-16-6-8-17(9-7-16)28-12-11-22-20(23)14-29-21(24)19-13-18(30(3,25)26)10-5-15(19)2/h5-10,13H,4,11-12,14H2,1-3H3,(H,22,23). The van der Waals surface area contributed by atoms with Crippen LogP contribution in [0.4, 0.5) is 0 Å². The quantitative estimate of drug-likeness (QED) is 0.450. The van der Waals surface area contributed by atoms with Crippen molar-refractivity contribution in [3.8, 4) is 11.5 Å². The summed E-state index contributed by atoms with van der Waals surface area (Å²) in [5.41, 5.74) is 0.654. The lowest BCUT2D eigenvalue weighted by atomic mass is 10.1. The maximum atomic E-state index is 12.2. The number of rotatable bonds is 10. The van der Waals surface area contributed by atoms with Crippen LogP contribution in [0, 0.1) is 6.92 Å². The number of esters is 1. The topological polar surface area (TPSA) is 108 Å². The second-order valence-electron chi connectivity index (χ2n) is 6.43. The zero-order chi connectivity index (χ0) is 22.1. The highest BCUT2D eigenvalue weighted by Gasteiger charge is 2.16. The number of nitrogens with one attached hydrogen (secondary N) is 1. The summed E-state index contributed by atoms with van der Waals surface area (Å²) in [5, 5.41) is 2.58. The third-order valence-electron chi connectivity index (χ3n) is 4.02. The van der Waals surface area contributed by atoms with Crippen molar-refractivity contribution >= 4 is 21.7 Å². The molecule has 0 heterocycles. The SMILES string of the molecule is CCOc1ccc(OCCNC(=O)COC(=O)c2cc(S(C)(=O)=O)ccc2C)cc1. The van der Waals surface area contributed by atoms with E-state index in [0.717, 1.165) is 12.0 Å². The number of hydrogen-bond acceptors (Lipinski definition) is 7. The molecule has 2 rings (SSSR count). The van der Waals surface area contributed by atoms with Gasteiger partial charge in [-0.3, -0.25) is 4.79 Å². The number of benzene rings is 2. The average molecular weight is 435 g/mol. The van der Waals surface area contributed by atoms with E-state index < -0.39 is 28.3 Å². The van der Waals surface area contributed by atoms with E-state index in [1.807, 2.05) is 6.92 Å². The molecule has 0 spiro atoms. The van der Waals surface area contributed by atoms with Crippen molar-refractivity contribution in [2.75, 3.05) is 32.6 Å². The van der Waals surface area contributed by atoms with Gasteiger partial charge in [0.2, 0.25) is 0 Å². The normalized spacial score (nSPS) is 10.9. The minimum atomic E-state index is -3.46. The summed E-state index contributed by atoms with van der Waals surface area (Å²) in [6.45, 7) is 4.12. The molecule has 0 saturated heterocycles. The van der Waals surface area contributed by atoms with Gasteiger partial charge in [0.25, 0.3) is 5.91 Å². The summed E-state index contributed by atoms with van der Waals surface area (Å²) in [6.07, 6.45) is 1.05. The van der Waals surface area contributed by atoms with Gasteiger partial charge in [-0.2, -0.15) is 0 Å². The zero-order valence-corrected chi connectivity index (χ0v) is 18.0. The van der Waals surface area contributed by atoms with Crippen LogP contribution in [0.1, 0.15) is 22.8 Å². The smallest absolute Gasteiger partial charge is 0.338 e. The maximum absolute atomic E-state index is 12.2. The third kappa shape index (κ3) is 7.07. The molecule has 0 bridgehead atoms. The molecule has 9 heteroatoms. The number of aryl methyl sites for hydroxylation is 1. The molecule has 0 aliphatic rings. The van der Waals surface area contributed by atoms with Gasteiger partial charge >= 0.3 is 5.97 Å². The Bertz CT molecular complexity index is 985. The van der Waals surface area contributed by atoms with E-state index >= 15 is 0 Å². The van der Waals surface area contributed by atoms with Crippen LogP contribution in [0.25, 0.3) is 0 Å². The first-order valence-corrected chi connectivity index (χ1v) is 11.2. The second kappa shape index (κ2) is 10.6. The largest absolute Gasteiger partial charge is 0.494 e. The number of hydrogen-bond donors (Lipinski definition) is 1. The summed E-state index contributed by atoms with van der Waals surface area (Å²) in [7, 11) is -3.46. The molecule has 0 aliphatic carbocycles. The van der Waals surface area contributed by atoms with Crippen LogP contribution in [0.15, 0.2) is 47.4 Å². The first-order chi connectivity index (χ1) is 14.2. The Balaban J connectivity index is 1.76. The molecule has 0 radical (unpaired) electrons. The predicted octanol–water partition coefficient (Wildman–Crippen LogP) is 2.15. The molecular formula is C21H25NO7S. The summed E-state index contributed by atoms with van der Waals surface area (Å²) < 4.78 is 39.1. The first-order valence-electron chi connectivity index (χ1n) is 9.31. The van der Waals surface area contributed by atoms with Crippen LogP contribution < -0.4 is 14.8 Å². The molecule has 30 heavy (non-hydrogen) atoms. The number of ether oxygens (including phenoxy) is 3. The van der Waals surface area contributed by atoms with Crippen molar-refractivity contribution in [1.29, 1.82) is 0 Å². The average Bonchev–Trinajstić information content (AvgIpc) is 2.70. The molecule has 1 amide bonds. The molecule has 0 unspecified atom stereocenters. The van der Waals surface area contributed by atoms with Gasteiger partial charge in [-0.25, -0.2) is 13.2 Å². The zero-order valence-electron chi connectivity index (χ0n) is 17.1. The van der Waals surface area contributed by atoms with Gasteiger partial charge in [0.05, 0.1) is 23.6 Å². The van der Waals surface area contributed by atoms with E-state index in [9.17, 15) is 18.0 Å². The van der Waals surface area contributed by atoms with Crippen molar-refractivity contribution in [1.82, 2.24) is 5.32 Å².